The molecule has 3 aromatic rings. The second-order valence-corrected chi connectivity index (χ2v) is 9.19. The highest BCUT2D eigenvalue weighted by molar-refractivity contribution is 6.34. The largest absolute Gasteiger partial charge is 0.478 e. The highest BCUT2D eigenvalue weighted by Crippen LogP contribution is 2.48. The molecule has 2 aliphatic rings. The van der Waals surface area contributed by atoms with E-state index in [1.54, 1.807) is 18.2 Å². The van der Waals surface area contributed by atoms with Crippen LogP contribution < -0.4 is 4.90 Å². The van der Waals surface area contributed by atoms with Gasteiger partial charge in [0.25, 0.3) is 0 Å². The summed E-state index contributed by atoms with van der Waals surface area (Å²) in [6.07, 6.45) is 0.462. The maximum atomic E-state index is 14.8. The van der Waals surface area contributed by atoms with Gasteiger partial charge in [-0.15, -0.1) is 0 Å². The molecule has 5 nitrogen and oxygen atoms in total. The van der Waals surface area contributed by atoms with Crippen LogP contribution in [0.4, 0.5) is 10.1 Å². The molecule has 1 aliphatic carbocycles. The maximum absolute atomic E-state index is 14.8. The Labute approximate surface area is 206 Å². The lowest BCUT2D eigenvalue weighted by Crippen LogP contribution is -2.42. The third-order valence-corrected chi connectivity index (χ3v) is 7.03. The predicted molar refractivity (Wildman–Crippen MR) is 130 cm³/mol. The third-order valence-electron chi connectivity index (χ3n) is 6.71. The standard InChI is InChI=1S/C28H21ClFNO4/c29-21-11-10-17(28(34)35)12-23(21)31-24-13-18(16-6-2-1-3-7-16)14-25(32)27(24)20(15-26(31)33)19-8-4-5-9-22(19)30/h1-12,18,20H,13-15H2,(H,34,35). The SMILES string of the molecule is O=C1CC(c2ccccc2)CC2=C1C(c1ccccc1F)CC(=O)N2c1cc(C(=O)O)ccc1Cl. The molecule has 1 aliphatic heterocycles. The minimum Gasteiger partial charge on any atom is -0.478 e. The van der Waals surface area contributed by atoms with Crippen molar-refractivity contribution in [2.45, 2.75) is 31.1 Å². The van der Waals surface area contributed by atoms with Gasteiger partial charge in [-0.1, -0.05) is 60.1 Å². The van der Waals surface area contributed by atoms with Crippen LogP contribution in [0.3, 0.4) is 0 Å². The topological polar surface area (TPSA) is 74.7 Å². The summed E-state index contributed by atoms with van der Waals surface area (Å²) in [5, 5.41) is 9.69. The number of amides is 1. The minimum atomic E-state index is -1.16. The van der Waals surface area contributed by atoms with Crippen molar-refractivity contribution in [2.75, 3.05) is 4.90 Å². The lowest BCUT2D eigenvalue weighted by molar-refractivity contribution is -0.120. The monoisotopic (exact) mass is 489 g/mol. The Morgan fingerprint density at radius 3 is 2.37 bits per heavy atom. The quantitative estimate of drug-likeness (QED) is 0.480. The number of aromatic carboxylic acids is 1. The van der Waals surface area contributed by atoms with Gasteiger partial charge in [0.2, 0.25) is 5.91 Å². The molecule has 1 N–H and O–H groups in total. The molecule has 35 heavy (non-hydrogen) atoms. The highest BCUT2D eigenvalue weighted by Gasteiger charge is 2.43. The molecule has 1 heterocycles. The molecule has 7 heteroatoms. The van der Waals surface area contributed by atoms with Crippen molar-refractivity contribution < 1.29 is 23.9 Å². The molecule has 0 fully saturated rings. The lowest BCUT2D eigenvalue weighted by atomic mass is 9.72. The number of carbonyl (C=O) groups excluding carboxylic acids is 2. The van der Waals surface area contributed by atoms with Crippen molar-refractivity contribution in [2.24, 2.45) is 0 Å². The van der Waals surface area contributed by atoms with Gasteiger partial charge in [0.15, 0.2) is 5.78 Å². The third kappa shape index (κ3) is 4.15. The number of Topliss-reactive ketones (excluding diaryl/α,β-unsaturated/α-hetero) is 1. The first-order chi connectivity index (χ1) is 16.8. The number of carbonyl (C=O) groups is 3. The van der Waals surface area contributed by atoms with E-state index in [0.717, 1.165) is 5.56 Å². The molecular formula is C28H21ClFNO4. The first kappa shape index (κ1) is 23.0. The molecule has 176 valence electrons. The summed E-state index contributed by atoms with van der Waals surface area (Å²) >= 11 is 6.44. The zero-order valence-corrected chi connectivity index (χ0v) is 19.3. The van der Waals surface area contributed by atoms with E-state index in [1.165, 1.54) is 29.2 Å². The molecule has 0 aromatic heterocycles. The molecular weight excluding hydrogens is 469 g/mol. The summed E-state index contributed by atoms with van der Waals surface area (Å²) in [5.74, 6) is -3.07. The number of allylic oxidation sites excluding steroid dienone is 2. The number of nitrogens with zero attached hydrogens (tertiary/aromatic N) is 1. The van der Waals surface area contributed by atoms with Crippen LogP contribution >= 0.6 is 11.6 Å². The van der Waals surface area contributed by atoms with Crippen molar-refractivity contribution in [1.29, 1.82) is 0 Å². The summed E-state index contributed by atoms with van der Waals surface area (Å²) in [7, 11) is 0. The van der Waals surface area contributed by atoms with Crippen LogP contribution in [0.1, 0.15) is 52.6 Å². The number of carboxylic acid groups (broad SMARTS) is 1. The van der Waals surface area contributed by atoms with Gasteiger partial charge in [0.05, 0.1) is 16.3 Å². The van der Waals surface area contributed by atoms with Gasteiger partial charge in [-0.25, -0.2) is 9.18 Å². The van der Waals surface area contributed by atoms with Crippen LogP contribution in [0.25, 0.3) is 0 Å². The number of ketones is 1. The van der Waals surface area contributed by atoms with E-state index in [2.05, 4.69) is 0 Å². The fourth-order valence-corrected chi connectivity index (χ4v) is 5.32. The molecule has 0 saturated heterocycles. The van der Waals surface area contributed by atoms with Crippen molar-refractivity contribution in [3.05, 3.63) is 112 Å². The molecule has 0 bridgehead atoms. The molecule has 3 aromatic carbocycles. The van der Waals surface area contributed by atoms with Gasteiger partial charge in [-0.05, 0) is 47.7 Å². The van der Waals surface area contributed by atoms with Crippen molar-refractivity contribution in [3.8, 4) is 0 Å². The van der Waals surface area contributed by atoms with Gasteiger partial charge in [-0.3, -0.25) is 14.5 Å². The van der Waals surface area contributed by atoms with Gasteiger partial charge >= 0.3 is 5.97 Å². The maximum Gasteiger partial charge on any atom is 0.335 e. The fraction of sp³-hybridized carbons (Fsp3) is 0.179. The van der Waals surface area contributed by atoms with Crippen LogP contribution in [0.2, 0.25) is 5.02 Å². The van der Waals surface area contributed by atoms with E-state index < -0.39 is 17.7 Å². The predicted octanol–water partition coefficient (Wildman–Crippen LogP) is 6.10. The Kier molecular flexibility index (Phi) is 5.99. The number of hydrogen-bond acceptors (Lipinski definition) is 3. The van der Waals surface area contributed by atoms with Crippen molar-refractivity contribution in [3.63, 3.8) is 0 Å². The van der Waals surface area contributed by atoms with Crippen molar-refractivity contribution >= 4 is 34.9 Å². The second kappa shape index (κ2) is 9.12. The first-order valence-corrected chi connectivity index (χ1v) is 11.6. The van der Waals surface area contributed by atoms with E-state index in [0.29, 0.717) is 23.3 Å². The van der Waals surface area contributed by atoms with Crippen LogP contribution in [-0.4, -0.2) is 22.8 Å². The van der Waals surface area contributed by atoms with Gasteiger partial charge < -0.3 is 5.11 Å². The normalized spacial score (nSPS) is 20.1. The zero-order valence-electron chi connectivity index (χ0n) is 18.6. The number of anilines is 1. The lowest BCUT2D eigenvalue weighted by Gasteiger charge is -2.41. The van der Waals surface area contributed by atoms with Gasteiger partial charge in [0.1, 0.15) is 5.82 Å². The van der Waals surface area contributed by atoms with E-state index >= 15 is 0 Å². The Bertz CT molecular complexity index is 1380. The van der Waals surface area contributed by atoms with Crippen LogP contribution in [0.5, 0.6) is 0 Å². The molecule has 0 saturated carbocycles. The molecule has 1 amide bonds. The van der Waals surface area contributed by atoms with Gasteiger partial charge in [0, 0.05) is 30.0 Å². The Hall–Kier alpha value is -3.77. The smallest absolute Gasteiger partial charge is 0.335 e. The van der Waals surface area contributed by atoms with Crippen LogP contribution in [0, 0.1) is 5.82 Å². The zero-order chi connectivity index (χ0) is 24.7. The van der Waals surface area contributed by atoms with Gasteiger partial charge in [-0.2, -0.15) is 0 Å². The molecule has 0 spiro atoms. The van der Waals surface area contributed by atoms with E-state index in [-0.39, 0.29) is 46.7 Å². The number of hydrogen-bond donors (Lipinski definition) is 1. The highest BCUT2D eigenvalue weighted by atomic mass is 35.5. The molecule has 2 unspecified atom stereocenters. The Balaban J connectivity index is 1.71. The second-order valence-electron chi connectivity index (χ2n) is 8.78. The fourth-order valence-electron chi connectivity index (χ4n) is 5.12. The van der Waals surface area contributed by atoms with E-state index in [1.807, 2.05) is 30.3 Å². The average Bonchev–Trinajstić information content (AvgIpc) is 2.85. The number of carboxylic acids is 1. The van der Waals surface area contributed by atoms with Crippen molar-refractivity contribution in [1.82, 2.24) is 0 Å². The Morgan fingerprint density at radius 1 is 0.943 bits per heavy atom. The average molecular weight is 490 g/mol. The Morgan fingerprint density at radius 2 is 1.66 bits per heavy atom. The minimum absolute atomic E-state index is 0.0303. The summed E-state index contributed by atoms with van der Waals surface area (Å²) in [6, 6.07) is 19.8. The molecule has 0 radical (unpaired) electrons. The van der Waals surface area contributed by atoms with Crippen LogP contribution in [0.15, 0.2) is 84.1 Å². The number of rotatable bonds is 4. The molecule has 2 atom stereocenters. The van der Waals surface area contributed by atoms with Crippen LogP contribution in [-0.2, 0) is 9.59 Å². The van der Waals surface area contributed by atoms with E-state index in [9.17, 15) is 23.9 Å². The summed E-state index contributed by atoms with van der Waals surface area (Å²) in [4.78, 5) is 40.2. The first-order valence-electron chi connectivity index (χ1n) is 11.3. The number of halogens is 2. The summed E-state index contributed by atoms with van der Waals surface area (Å²) in [6.45, 7) is 0. The van der Waals surface area contributed by atoms with E-state index in [4.69, 9.17) is 11.6 Å². The summed E-state index contributed by atoms with van der Waals surface area (Å²) in [5.41, 5.74) is 2.26. The summed E-state index contributed by atoms with van der Waals surface area (Å²) < 4.78 is 14.8. The molecule has 5 rings (SSSR count). The number of benzene rings is 3.